The number of aryl methyl sites for hydroxylation is 1. The van der Waals surface area contributed by atoms with E-state index in [1.165, 1.54) is 11.3 Å². The summed E-state index contributed by atoms with van der Waals surface area (Å²) in [5.41, 5.74) is 2.65. The standard InChI is InChI=1S/C18H15N5O2S/c1-12-4-2-3-5-15(12)25-10-16(24)20-14-8-6-13(7-9-14)17-22-23-11-19-21-18(23)26-17/h2-9,11H,10H2,1H3,(H,20,24). The van der Waals surface area contributed by atoms with Gasteiger partial charge >= 0.3 is 0 Å². The predicted molar refractivity (Wildman–Crippen MR) is 99.4 cm³/mol. The summed E-state index contributed by atoms with van der Waals surface area (Å²) < 4.78 is 7.19. The molecule has 1 amide bonds. The summed E-state index contributed by atoms with van der Waals surface area (Å²) in [5, 5.41) is 15.8. The fourth-order valence-electron chi connectivity index (χ4n) is 2.43. The Balaban J connectivity index is 1.38. The summed E-state index contributed by atoms with van der Waals surface area (Å²) in [7, 11) is 0. The molecule has 0 saturated carbocycles. The maximum atomic E-state index is 12.1. The highest BCUT2D eigenvalue weighted by molar-refractivity contribution is 7.19. The van der Waals surface area contributed by atoms with Gasteiger partial charge in [0.25, 0.3) is 5.91 Å². The van der Waals surface area contributed by atoms with E-state index < -0.39 is 0 Å². The van der Waals surface area contributed by atoms with Crippen molar-refractivity contribution < 1.29 is 9.53 Å². The van der Waals surface area contributed by atoms with Crippen LogP contribution in [0.25, 0.3) is 15.5 Å². The van der Waals surface area contributed by atoms with Gasteiger partial charge in [-0.3, -0.25) is 4.79 Å². The number of carbonyl (C=O) groups excluding carboxylic acids is 1. The van der Waals surface area contributed by atoms with Gasteiger partial charge in [-0.05, 0) is 42.8 Å². The second-order valence-corrected chi connectivity index (χ2v) is 6.60. The van der Waals surface area contributed by atoms with Crippen molar-refractivity contribution in [3.8, 4) is 16.3 Å². The van der Waals surface area contributed by atoms with Crippen molar-refractivity contribution in [3.05, 3.63) is 60.4 Å². The molecular formula is C18H15N5O2S. The summed E-state index contributed by atoms with van der Waals surface area (Å²) in [6.45, 7) is 1.90. The number of benzene rings is 2. The Morgan fingerprint density at radius 3 is 2.77 bits per heavy atom. The summed E-state index contributed by atoms with van der Waals surface area (Å²) in [6.07, 6.45) is 1.57. The van der Waals surface area contributed by atoms with Crippen LogP contribution in [0, 0.1) is 6.92 Å². The van der Waals surface area contributed by atoms with Crippen LogP contribution in [0.3, 0.4) is 0 Å². The van der Waals surface area contributed by atoms with E-state index in [2.05, 4.69) is 20.6 Å². The molecule has 0 saturated heterocycles. The summed E-state index contributed by atoms with van der Waals surface area (Å²) in [6, 6.07) is 15.1. The minimum Gasteiger partial charge on any atom is -0.483 e. The fraction of sp³-hybridized carbons (Fsp3) is 0.111. The average molecular weight is 365 g/mol. The zero-order valence-electron chi connectivity index (χ0n) is 13.9. The molecule has 0 fully saturated rings. The molecule has 0 aliphatic rings. The molecule has 26 heavy (non-hydrogen) atoms. The van der Waals surface area contributed by atoms with Gasteiger partial charge in [0.2, 0.25) is 4.96 Å². The van der Waals surface area contributed by atoms with Crippen LogP contribution in [-0.4, -0.2) is 32.3 Å². The number of para-hydroxylation sites is 1. The summed E-state index contributed by atoms with van der Waals surface area (Å²) >= 11 is 1.45. The van der Waals surface area contributed by atoms with Crippen molar-refractivity contribution in [2.45, 2.75) is 6.92 Å². The zero-order valence-corrected chi connectivity index (χ0v) is 14.7. The van der Waals surface area contributed by atoms with Crippen molar-refractivity contribution in [1.29, 1.82) is 0 Å². The number of ether oxygens (including phenoxy) is 1. The van der Waals surface area contributed by atoms with Gasteiger partial charge in [-0.15, -0.1) is 10.2 Å². The number of aromatic nitrogens is 4. The Hall–Kier alpha value is -3.26. The second kappa shape index (κ2) is 6.93. The maximum absolute atomic E-state index is 12.1. The number of hydrogen-bond acceptors (Lipinski definition) is 6. The predicted octanol–water partition coefficient (Wildman–Crippen LogP) is 3.18. The lowest BCUT2D eigenvalue weighted by molar-refractivity contribution is -0.118. The van der Waals surface area contributed by atoms with E-state index >= 15 is 0 Å². The molecule has 0 aliphatic heterocycles. The van der Waals surface area contributed by atoms with Crippen LogP contribution in [0.15, 0.2) is 54.9 Å². The quantitative estimate of drug-likeness (QED) is 0.587. The van der Waals surface area contributed by atoms with Crippen LogP contribution in [0.5, 0.6) is 5.75 Å². The van der Waals surface area contributed by atoms with Gasteiger partial charge in [0.1, 0.15) is 17.1 Å². The molecule has 0 bridgehead atoms. The molecule has 130 valence electrons. The molecule has 7 nitrogen and oxygen atoms in total. The normalized spacial score (nSPS) is 10.8. The Bertz CT molecular complexity index is 1030. The Morgan fingerprint density at radius 1 is 1.19 bits per heavy atom. The topological polar surface area (TPSA) is 81.4 Å². The number of nitrogens with zero attached hydrogens (tertiary/aromatic N) is 4. The Morgan fingerprint density at radius 2 is 2.00 bits per heavy atom. The van der Waals surface area contributed by atoms with Gasteiger partial charge in [-0.2, -0.15) is 9.61 Å². The first-order valence-electron chi connectivity index (χ1n) is 7.94. The number of carbonyl (C=O) groups is 1. The SMILES string of the molecule is Cc1ccccc1OCC(=O)Nc1ccc(-c2nn3cnnc3s2)cc1. The highest BCUT2D eigenvalue weighted by atomic mass is 32.1. The molecule has 1 N–H and O–H groups in total. The molecule has 0 spiro atoms. The van der Waals surface area contributed by atoms with E-state index in [0.717, 1.165) is 21.1 Å². The maximum Gasteiger partial charge on any atom is 0.262 e. The van der Waals surface area contributed by atoms with Crippen molar-refractivity contribution in [2.75, 3.05) is 11.9 Å². The van der Waals surface area contributed by atoms with E-state index in [4.69, 9.17) is 4.74 Å². The van der Waals surface area contributed by atoms with E-state index in [9.17, 15) is 4.79 Å². The van der Waals surface area contributed by atoms with E-state index in [0.29, 0.717) is 11.4 Å². The zero-order chi connectivity index (χ0) is 17.9. The van der Waals surface area contributed by atoms with Gasteiger partial charge in [0.05, 0.1) is 0 Å². The highest BCUT2D eigenvalue weighted by Gasteiger charge is 2.09. The van der Waals surface area contributed by atoms with E-state index in [1.807, 2.05) is 55.5 Å². The van der Waals surface area contributed by atoms with Gasteiger partial charge in [0, 0.05) is 11.3 Å². The summed E-state index contributed by atoms with van der Waals surface area (Å²) in [5.74, 6) is 0.501. The van der Waals surface area contributed by atoms with Crippen molar-refractivity contribution in [1.82, 2.24) is 19.8 Å². The minimum absolute atomic E-state index is 0.0384. The molecule has 8 heteroatoms. The lowest BCUT2D eigenvalue weighted by Gasteiger charge is -2.09. The number of amides is 1. The lowest BCUT2D eigenvalue weighted by Crippen LogP contribution is -2.20. The number of nitrogens with one attached hydrogen (secondary N) is 1. The first-order chi connectivity index (χ1) is 12.7. The molecule has 0 unspecified atom stereocenters. The number of anilines is 1. The Kier molecular flexibility index (Phi) is 4.32. The molecule has 2 aromatic heterocycles. The third-order valence-electron chi connectivity index (χ3n) is 3.75. The number of fused-ring (bicyclic) bond motifs is 1. The van der Waals surface area contributed by atoms with Crippen molar-refractivity contribution in [3.63, 3.8) is 0 Å². The van der Waals surface area contributed by atoms with Gasteiger partial charge in [0.15, 0.2) is 6.61 Å². The molecule has 4 rings (SSSR count). The van der Waals surface area contributed by atoms with Gasteiger partial charge in [-0.25, -0.2) is 0 Å². The first kappa shape index (κ1) is 16.2. The van der Waals surface area contributed by atoms with Crippen LogP contribution in [-0.2, 0) is 4.79 Å². The fourth-order valence-corrected chi connectivity index (χ4v) is 3.26. The smallest absolute Gasteiger partial charge is 0.262 e. The monoisotopic (exact) mass is 365 g/mol. The molecule has 4 aromatic rings. The first-order valence-corrected chi connectivity index (χ1v) is 8.76. The molecule has 0 atom stereocenters. The third-order valence-corrected chi connectivity index (χ3v) is 4.72. The largest absolute Gasteiger partial charge is 0.483 e. The van der Waals surface area contributed by atoms with E-state index in [1.54, 1.807) is 10.8 Å². The van der Waals surface area contributed by atoms with E-state index in [-0.39, 0.29) is 12.5 Å². The lowest BCUT2D eigenvalue weighted by atomic mass is 10.2. The molecular weight excluding hydrogens is 350 g/mol. The minimum atomic E-state index is -0.209. The van der Waals surface area contributed by atoms with Crippen LogP contribution >= 0.6 is 11.3 Å². The van der Waals surface area contributed by atoms with Crippen molar-refractivity contribution >= 4 is 27.9 Å². The molecule has 0 radical (unpaired) electrons. The van der Waals surface area contributed by atoms with Crippen LogP contribution in [0.1, 0.15) is 5.56 Å². The summed E-state index contributed by atoms with van der Waals surface area (Å²) in [4.78, 5) is 12.8. The second-order valence-electron chi connectivity index (χ2n) is 5.64. The van der Waals surface area contributed by atoms with Crippen LogP contribution in [0.2, 0.25) is 0 Å². The Labute approximate surface area is 153 Å². The number of hydrogen-bond donors (Lipinski definition) is 1. The third kappa shape index (κ3) is 3.40. The van der Waals surface area contributed by atoms with Crippen LogP contribution < -0.4 is 10.1 Å². The highest BCUT2D eigenvalue weighted by Crippen LogP contribution is 2.25. The average Bonchev–Trinajstić information content (AvgIpc) is 3.24. The molecule has 2 heterocycles. The van der Waals surface area contributed by atoms with Crippen LogP contribution in [0.4, 0.5) is 5.69 Å². The van der Waals surface area contributed by atoms with Gasteiger partial charge < -0.3 is 10.1 Å². The van der Waals surface area contributed by atoms with Crippen molar-refractivity contribution in [2.24, 2.45) is 0 Å². The van der Waals surface area contributed by atoms with Gasteiger partial charge in [-0.1, -0.05) is 29.5 Å². The number of rotatable bonds is 5. The molecule has 2 aromatic carbocycles. The molecule has 0 aliphatic carbocycles.